The van der Waals surface area contributed by atoms with E-state index in [1.807, 2.05) is 49.4 Å². The van der Waals surface area contributed by atoms with Gasteiger partial charge in [-0.2, -0.15) is 0 Å². The summed E-state index contributed by atoms with van der Waals surface area (Å²) in [5.74, 6) is 1.57. The van der Waals surface area contributed by atoms with E-state index >= 15 is 0 Å². The summed E-state index contributed by atoms with van der Waals surface area (Å²) in [5, 5.41) is 6.55. The van der Waals surface area contributed by atoms with Gasteiger partial charge in [0, 0.05) is 32.9 Å². The van der Waals surface area contributed by atoms with Crippen molar-refractivity contribution in [3.8, 4) is 5.75 Å². The maximum Gasteiger partial charge on any atom is 0.191 e. The van der Waals surface area contributed by atoms with Gasteiger partial charge in [0.15, 0.2) is 5.96 Å². The summed E-state index contributed by atoms with van der Waals surface area (Å²) >= 11 is 0. The van der Waals surface area contributed by atoms with E-state index in [4.69, 9.17) is 9.47 Å². The van der Waals surface area contributed by atoms with Crippen molar-refractivity contribution < 1.29 is 9.47 Å². The number of pyridine rings is 1. The molecule has 1 aromatic heterocycles. The summed E-state index contributed by atoms with van der Waals surface area (Å²) < 4.78 is 10.9. The Kier molecular flexibility index (Phi) is 10.6. The molecular formula is C19H27IN4O2. The molecule has 0 radical (unpaired) electrons. The van der Waals surface area contributed by atoms with Gasteiger partial charge in [0.2, 0.25) is 0 Å². The fourth-order valence-corrected chi connectivity index (χ4v) is 2.25. The summed E-state index contributed by atoms with van der Waals surface area (Å²) in [6, 6.07) is 14.0. The molecule has 0 spiro atoms. The number of benzene rings is 1. The number of aromatic nitrogens is 1. The van der Waals surface area contributed by atoms with Gasteiger partial charge in [-0.15, -0.1) is 24.0 Å². The van der Waals surface area contributed by atoms with Crippen molar-refractivity contribution in [3.63, 3.8) is 0 Å². The first-order chi connectivity index (χ1) is 12.2. The molecule has 6 nitrogen and oxygen atoms in total. The third kappa shape index (κ3) is 8.01. The lowest BCUT2D eigenvalue weighted by molar-refractivity contribution is 0.179. The first kappa shape index (κ1) is 22.2. The minimum atomic E-state index is 0. The Labute approximate surface area is 172 Å². The number of nitrogens with one attached hydrogen (secondary N) is 2. The number of hydrogen-bond acceptors (Lipinski definition) is 4. The van der Waals surface area contributed by atoms with Gasteiger partial charge in [-0.25, -0.2) is 0 Å². The summed E-state index contributed by atoms with van der Waals surface area (Å²) in [7, 11) is 3.44. The lowest BCUT2D eigenvalue weighted by Gasteiger charge is -2.17. The molecule has 1 aromatic carbocycles. The molecule has 1 heterocycles. The molecule has 0 saturated carbocycles. The van der Waals surface area contributed by atoms with Crippen LogP contribution in [0.4, 0.5) is 0 Å². The van der Waals surface area contributed by atoms with E-state index in [9.17, 15) is 0 Å². The van der Waals surface area contributed by atoms with Gasteiger partial charge in [-0.05, 0) is 36.8 Å². The van der Waals surface area contributed by atoms with Crippen molar-refractivity contribution >= 4 is 29.9 Å². The van der Waals surface area contributed by atoms with Crippen LogP contribution in [-0.4, -0.2) is 37.7 Å². The van der Waals surface area contributed by atoms with Crippen molar-refractivity contribution in [2.24, 2.45) is 4.99 Å². The molecule has 26 heavy (non-hydrogen) atoms. The predicted octanol–water partition coefficient (Wildman–Crippen LogP) is 2.98. The highest BCUT2D eigenvalue weighted by Gasteiger charge is 2.04. The van der Waals surface area contributed by atoms with Crippen molar-refractivity contribution in [2.75, 3.05) is 20.8 Å². The molecule has 142 valence electrons. The SMILES string of the molecule is CN=C(NCc1ccc(OCc2ccccn2)cc1)NC(C)COC.I. The van der Waals surface area contributed by atoms with Crippen molar-refractivity contribution in [3.05, 3.63) is 59.9 Å². The number of halogens is 1. The molecule has 1 unspecified atom stereocenters. The molecule has 0 aliphatic heterocycles. The molecule has 0 bridgehead atoms. The molecule has 1 atom stereocenters. The number of ether oxygens (including phenoxy) is 2. The molecule has 0 amide bonds. The monoisotopic (exact) mass is 470 g/mol. The Morgan fingerprint density at radius 3 is 2.58 bits per heavy atom. The third-order valence-electron chi connectivity index (χ3n) is 3.52. The minimum absolute atomic E-state index is 0. The molecule has 0 aliphatic carbocycles. The first-order valence-corrected chi connectivity index (χ1v) is 8.29. The highest BCUT2D eigenvalue weighted by Crippen LogP contribution is 2.13. The number of methoxy groups -OCH3 is 1. The van der Waals surface area contributed by atoms with Crippen molar-refractivity contribution in [1.82, 2.24) is 15.6 Å². The summed E-state index contributed by atoms with van der Waals surface area (Å²) in [5.41, 5.74) is 2.06. The van der Waals surface area contributed by atoms with Crippen LogP contribution in [0.2, 0.25) is 0 Å². The van der Waals surface area contributed by atoms with Gasteiger partial charge in [-0.3, -0.25) is 9.98 Å². The third-order valence-corrected chi connectivity index (χ3v) is 3.52. The molecule has 0 aliphatic rings. The van der Waals surface area contributed by atoms with Crippen LogP contribution in [0.25, 0.3) is 0 Å². The Balaban J connectivity index is 0.00000338. The molecule has 2 aromatic rings. The van der Waals surface area contributed by atoms with Gasteiger partial charge in [0.1, 0.15) is 12.4 Å². The van der Waals surface area contributed by atoms with Crippen LogP contribution in [0.1, 0.15) is 18.2 Å². The van der Waals surface area contributed by atoms with E-state index in [1.54, 1.807) is 20.4 Å². The maximum atomic E-state index is 5.74. The largest absolute Gasteiger partial charge is 0.487 e. The summed E-state index contributed by atoms with van der Waals surface area (Å²) in [6.45, 7) is 3.82. The van der Waals surface area contributed by atoms with Gasteiger partial charge in [0.05, 0.1) is 12.3 Å². The first-order valence-electron chi connectivity index (χ1n) is 8.29. The Morgan fingerprint density at radius 1 is 1.19 bits per heavy atom. The maximum absolute atomic E-state index is 5.74. The Morgan fingerprint density at radius 2 is 1.96 bits per heavy atom. The number of aliphatic imine (C=N–C) groups is 1. The van der Waals surface area contributed by atoms with Crippen LogP contribution in [0, 0.1) is 0 Å². The quantitative estimate of drug-likeness (QED) is 0.353. The van der Waals surface area contributed by atoms with E-state index in [-0.39, 0.29) is 30.0 Å². The average molecular weight is 470 g/mol. The highest BCUT2D eigenvalue weighted by molar-refractivity contribution is 14.0. The molecule has 2 N–H and O–H groups in total. The summed E-state index contributed by atoms with van der Waals surface area (Å²) in [4.78, 5) is 8.46. The molecule has 2 rings (SSSR count). The lowest BCUT2D eigenvalue weighted by Crippen LogP contribution is -2.43. The second-order valence-corrected chi connectivity index (χ2v) is 5.68. The fraction of sp³-hybridized carbons (Fsp3) is 0.368. The normalized spacial score (nSPS) is 12.0. The molecular weight excluding hydrogens is 443 g/mol. The zero-order chi connectivity index (χ0) is 17.9. The zero-order valence-corrected chi connectivity index (χ0v) is 17.8. The number of rotatable bonds is 8. The van der Waals surface area contributed by atoms with E-state index < -0.39 is 0 Å². The van der Waals surface area contributed by atoms with E-state index in [0.717, 1.165) is 23.0 Å². The average Bonchev–Trinajstić information content (AvgIpc) is 2.65. The zero-order valence-electron chi connectivity index (χ0n) is 15.4. The van der Waals surface area contributed by atoms with Crippen molar-refractivity contribution in [1.29, 1.82) is 0 Å². The Bertz CT molecular complexity index is 650. The van der Waals surface area contributed by atoms with Gasteiger partial charge in [0.25, 0.3) is 0 Å². The number of hydrogen-bond donors (Lipinski definition) is 2. The van der Waals surface area contributed by atoms with E-state index in [0.29, 0.717) is 19.8 Å². The van der Waals surface area contributed by atoms with Crippen LogP contribution in [0.3, 0.4) is 0 Å². The standard InChI is InChI=1S/C19H26N4O2.HI/c1-15(13-24-3)23-19(20-2)22-12-16-7-9-18(10-8-16)25-14-17-6-4-5-11-21-17;/h4-11,15H,12-14H2,1-3H3,(H2,20,22,23);1H. The fourth-order valence-electron chi connectivity index (χ4n) is 2.25. The van der Waals surface area contributed by atoms with Crippen LogP contribution in [0.5, 0.6) is 5.75 Å². The van der Waals surface area contributed by atoms with Gasteiger partial charge in [-0.1, -0.05) is 18.2 Å². The predicted molar refractivity (Wildman–Crippen MR) is 115 cm³/mol. The smallest absolute Gasteiger partial charge is 0.191 e. The second-order valence-electron chi connectivity index (χ2n) is 5.68. The second kappa shape index (κ2) is 12.5. The van der Waals surface area contributed by atoms with Crippen molar-refractivity contribution in [2.45, 2.75) is 26.1 Å². The highest BCUT2D eigenvalue weighted by atomic mass is 127. The number of nitrogens with zero attached hydrogens (tertiary/aromatic N) is 2. The summed E-state index contributed by atoms with van der Waals surface area (Å²) in [6.07, 6.45) is 1.77. The number of guanidine groups is 1. The van der Waals surface area contributed by atoms with Crippen LogP contribution < -0.4 is 15.4 Å². The van der Waals surface area contributed by atoms with E-state index in [2.05, 4.69) is 20.6 Å². The molecule has 0 saturated heterocycles. The van der Waals surface area contributed by atoms with Gasteiger partial charge < -0.3 is 20.1 Å². The van der Waals surface area contributed by atoms with Crippen LogP contribution in [0.15, 0.2) is 53.7 Å². The van der Waals surface area contributed by atoms with Crippen LogP contribution in [-0.2, 0) is 17.9 Å². The van der Waals surface area contributed by atoms with Gasteiger partial charge >= 0.3 is 0 Å². The minimum Gasteiger partial charge on any atom is -0.487 e. The van der Waals surface area contributed by atoms with Crippen LogP contribution >= 0.6 is 24.0 Å². The van der Waals surface area contributed by atoms with E-state index in [1.165, 1.54) is 0 Å². The molecule has 7 heteroatoms. The topological polar surface area (TPSA) is 67.8 Å². The molecule has 0 fully saturated rings. The lowest BCUT2D eigenvalue weighted by atomic mass is 10.2. The Hall–Kier alpha value is -1.87.